The average molecular weight is 509 g/mol. The Kier molecular flexibility index (Phi) is 7.29. The maximum atomic E-state index is 13.9. The van der Waals surface area contributed by atoms with Crippen molar-refractivity contribution in [2.75, 3.05) is 31.1 Å². The Bertz CT molecular complexity index is 1270. The minimum atomic E-state index is -3.84. The molecule has 0 amide bonds. The van der Waals surface area contributed by atoms with Gasteiger partial charge in [0.15, 0.2) is 0 Å². The van der Waals surface area contributed by atoms with Crippen molar-refractivity contribution in [1.29, 1.82) is 0 Å². The highest BCUT2D eigenvalue weighted by Crippen LogP contribution is 2.38. The van der Waals surface area contributed by atoms with Gasteiger partial charge in [-0.1, -0.05) is 60.7 Å². The lowest BCUT2D eigenvalue weighted by atomic mass is 10.1. The van der Waals surface area contributed by atoms with Crippen LogP contribution in [0.25, 0.3) is 0 Å². The van der Waals surface area contributed by atoms with Crippen molar-refractivity contribution in [3.05, 3.63) is 90.0 Å². The van der Waals surface area contributed by atoms with Crippen LogP contribution in [0.1, 0.15) is 30.5 Å². The summed E-state index contributed by atoms with van der Waals surface area (Å²) in [6, 6.07) is 24.3. The molecule has 3 aromatic rings. The average Bonchev–Trinajstić information content (AvgIpc) is 3.29. The van der Waals surface area contributed by atoms with Gasteiger partial charge in [-0.25, -0.2) is 8.42 Å². The lowest BCUT2D eigenvalue weighted by molar-refractivity contribution is 0.0313. The Labute approximate surface area is 212 Å². The lowest BCUT2D eigenvalue weighted by Crippen LogP contribution is -2.40. The number of hydrogen-bond acceptors (Lipinski definition) is 6. The SMILES string of the molecule is C[C@H](c1ccccc1)N1C[C@H](COCc2ccccc2)Oc2cc(N3CC[C@@H](O)C3)ccc2S1(=O)=O. The number of benzene rings is 3. The van der Waals surface area contributed by atoms with Crippen LogP contribution < -0.4 is 9.64 Å². The number of sulfonamides is 1. The van der Waals surface area contributed by atoms with Crippen LogP contribution in [0, 0.1) is 0 Å². The van der Waals surface area contributed by atoms with Crippen LogP contribution in [0.3, 0.4) is 0 Å². The van der Waals surface area contributed by atoms with Crippen molar-refractivity contribution < 1.29 is 23.0 Å². The molecule has 2 heterocycles. The van der Waals surface area contributed by atoms with E-state index in [-0.39, 0.29) is 30.2 Å². The van der Waals surface area contributed by atoms with E-state index in [1.807, 2.05) is 67.6 Å². The highest BCUT2D eigenvalue weighted by Gasteiger charge is 2.38. The van der Waals surface area contributed by atoms with Crippen molar-refractivity contribution in [3.63, 3.8) is 0 Å². The summed E-state index contributed by atoms with van der Waals surface area (Å²) in [5.41, 5.74) is 2.80. The third kappa shape index (κ3) is 5.27. The molecule has 0 aliphatic carbocycles. The molecule has 0 spiro atoms. The Balaban J connectivity index is 1.45. The van der Waals surface area contributed by atoms with Gasteiger partial charge < -0.3 is 19.5 Å². The fraction of sp³-hybridized carbons (Fsp3) is 0.357. The van der Waals surface area contributed by atoms with E-state index in [0.717, 1.165) is 16.8 Å². The van der Waals surface area contributed by atoms with Gasteiger partial charge in [-0.15, -0.1) is 0 Å². The molecule has 0 saturated carbocycles. The van der Waals surface area contributed by atoms with Crippen molar-refractivity contribution >= 4 is 15.7 Å². The maximum Gasteiger partial charge on any atom is 0.247 e. The van der Waals surface area contributed by atoms with Crippen LogP contribution in [0.2, 0.25) is 0 Å². The second kappa shape index (κ2) is 10.6. The van der Waals surface area contributed by atoms with Crippen molar-refractivity contribution in [2.24, 2.45) is 0 Å². The zero-order valence-corrected chi connectivity index (χ0v) is 21.2. The van der Waals surface area contributed by atoms with Gasteiger partial charge in [-0.2, -0.15) is 4.31 Å². The minimum absolute atomic E-state index is 0.152. The zero-order valence-electron chi connectivity index (χ0n) is 20.4. The fourth-order valence-electron chi connectivity index (χ4n) is 4.85. The normalized spacial score (nSPS) is 22.4. The Morgan fingerprint density at radius 3 is 2.44 bits per heavy atom. The highest BCUT2D eigenvalue weighted by atomic mass is 32.2. The van der Waals surface area contributed by atoms with E-state index in [0.29, 0.717) is 31.9 Å². The van der Waals surface area contributed by atoms with E-state index in [2.05, 4.69) is 4.90 Å². The maximum absolute atomic E-state index is 13.9. The molecule has 0 aromatic heterocycles. The minimum Gasteiger partial charge on any atom is -0.485 e. The van der Waals surface area contributed by atoms with E-state index in [4.69, 9.17) is 9.47 Å². The van der Waals surface area contributed by atoms with Crippen LogP contribution in [-0.2, 0) is 21.4 Å². The molecule has 2 aliphatic heterocycles. The molecule has 1 saturated heterocycles. The summed E-state index contributed by atoms with van der Waals surface area (Å²) in [6.45, 7) is 3.97. The molecule has 5 rings (SSSR count). The summed E-state index contributed by atoms with van der Waals surface area (Å²) in [4.78, 5) is 2.20. The second-order valence-corrected chi connectivity index (χ2v) is 11.3. The van der Waals surface area contributed by atoms with Crippen LogP contribution in [0.4, 0.5) is 5.69 Å². The number of fused-ring (bicyclic) bond motifs is 1. The van der Waals surface area contributed by atoms with Crippen molar-refractivity contribution in [3.8, 4) is 5.75 Å². The van der Waals surface area contributed by atoms with Gasteiger partial charge in [0.05, 0.1) is 25.9 Å². The first-order valence-electron chi connectivity index (χ1n) is 12.3. The predicted molar refractivity (Wildman–Crippen MR) is 139 cm³/mol. The first kappa shape index (κ1) is 24.8. The molecule has 1 fully saturated rings. The Morgan fingerprint density at radius 1 is 1.03 bits per heavy atom. The van der Waals surface area contributed by atoms with E-state index >= 15 is 0 Å². The van der Waals surface area contributed by atoms with E-state index in [1.54, 1.807) is 18.2 Å². The molecule has 3 aromatic carbocycles. The van der Waals surface area contributed by atoms with Gasteiger partial charge in [0, 0.05) is 30.9 Å². The lowest BCUT2D eigenvalue weighted by Gasteiger charge is -2.29. The number of ether oxygens (including phenoxy) is 2. The second-order valence-electron chi connectivity index (χ2n) is 9.42. The summed E-state index contributed by atoms with van der Waals surface area (Å²) < 4.78 is 41.7. The van der Waals surface area contributed by atoms with Gasteiger partial charge in [0.25, 0.3) is 0 Å². The van der Waals surface area contributed by atoms with Crippen LogP contribution >= 0.6 is 0 Å². The van der Waals surface area contributed by atoms with Crippen LogP contribution in [0.15, 0.2) is 83.8 Å². The quantitative estimate of drug-likeness (QED) is 0.520. The topological polar surface area (TPSA) is 79.3 Å². The summed E-state index contributed by atoms with van der Waals surface area (Å²) in [5.74, 6) is 0.324. The Morgan fingerprint density at radius 2 is 1.75 bits per heavy atom. The van der Waals surface area contributed by atoms with Gasteiger partial charge in [0.2, 0.25) is 10.0 Å². The van der Waals surface area contributed by atoms with Crippen LogP contribution in [-0.4, -0.2) is 56.3 Å². The fourth-order valence-corrected chi connectivity index (χ4v) is 6.60. The van der Waals surface area contributed by atoms with E-state index < -0.39 is 16.1 Å². The number of hydrogen-bond donors (Lipinski definition) is 1. The number of anilines is 1. The van der Waals surface area contributed by atoms with Crippen LogP contribution in [0.5, 0.6) is 5.75 Å². The molecule has 3 atom stereocenters. The van der Waals surface area contributed by atoms with E-state index in [1.165, 1.54) is 4.31 Å². The third-order valence-electron chi connectivity index (χ3n) is 6.85. The standard InChI is InChI=1S/C28H32N2O5S/c1-21(23-10-6-3-7-11-23)30-18-26(20-34-19-22-8-4-2-5-9-22)35-27-16-24(29-15-14-25(31)17-29)12-13-28(27)36(30,32)33/h2-13,16,21,25-26,31H,14-15,17-20H2,1H3/t21-,25-,26-/m1/s1. The molecular formula is C28H32N2O5S. The highest BCUT2D eigenvalue weighted by molar-refractivity contribution is 7.89. The molecular weight excluding hydrogens is 476 g/mol. The summed E-state index contributed by atoms with van der Waals surface area (Å²) in [7, 11) is -3.84. The van der Waals surface area contributed by atoms with E-state index in [9.17, 15) is 13.5 Å². The monoisotopic (exact) mass is 508 g/mol. The van der Waals surface area contributed by atoms with Gasteiger partial charge in [-0.3, -0.25) is 0 Å². The Hall–Kier alpha value is -2.91. The van der Waals surface area contributed by atoms with Gasteiger partial charge >= 0.3 is 0 Å². The van der Waals surface area contributed by atoms with Gasteiger partial charge in [0.1, 0.15) is 16.7 Å². The molecule has 7 nitrogen and oxygen atoms in total. The molecule has 2 aliphatic rings. The summed E-state index contributed by atoms with van der Waals surface area (Å²) in [6.07, 6.45) is -0.181. The zero-order chi connectivity index (χ0) is 25.1. The largest absolute Gasteiger partial charge is 0.485 e. The number of aliphatic hydroxyl groups is 1. The smallest absolute Gasteiger partial charge is 0.247 e. The summed E-state index contributed by atoms with van der Waals surface area (Å²) in [5, 5.41) is 9.97. The number of aliphatic hydroxyl groups excluding tert-OH is 1. The predicted octanol–water partition coefficient (Wildman–Crippen LogP) is 3.99. The number of β-amino-alcohol motifs (C(OH)–C–C–N with tert-alkyl or cyclic N) is 1. The molecule has 0 unspecified atom stereocenters. The molecule has 1 N–H and O–H groups in total. The molecule has 0 radical (unpaired) electrons. The molecule has 190 valence electrons. The van der Waals surface area contributed by atoms with Crippen molar-refractivity contribution in [2.45, 2.75) is 43.1 Å². The molecule has 8 heteroatoms. The number of rotatable bonds is 7. The molecule has 36 heavy (non-hydrogen) atoms. The van der Waals surface area contributed by atoms with Crippen molar-refractivity contribution in [1.82, 2.24) is 4.31 Å². The van der Waals surface area contributed by atoms with Gasteiger partial charge in [-0.05, 0) is 36.6 Å². The first-order chi connectivity index (χ1) is 17.4. The first-order valence-corrected chi connectivity index (χ1v) is 13.8. The third-order valence-corrected chi connectivity index (χ3v) is 8.82. The number of nitrogens with zero attached hydrogens (tertiary/aromatic N) is 2. The summed E-state index contributed by atoms with van der Waals surface area (Å²) >= 11 is 0. The molecule has 0 bridgehead atoms.